The minimum atomic E-state index is 0.404. The maximum Gasteiger partial charge on any atom is 0.147 e. The lowest BCUT2D eigenvalue weighted by Gasteiger charge is -2.07. The number of nitrogens with zero attached hydrogens (tertiary/aromatic N) is 2. The number of nitrogens with two attached hydrogens (primary N) is 1. The highest BCUT2D eigenvalue weighted by molar-refractivity contribution is 5.71. The first-order valence-corrected chi connectivity index (χ1v) is 6.68. The second-order valence-electron chi connectivity index (χ2n) is 4.74. The lowest BCUT2D eigenvalue weighted by Crippen LogP contribution is -1.96. The summed E-state index contributed by atoms with van der Waals surface area (Å²) in [5, 5.41) is 12.7. The first-order valence-electron chi connectivity index (χ1n) is 6.68. The Morgan fingerprint density at radius 2 is 2.00 bits per heavy atom. The van der Waals surface area contributed by atoms with E-state index in [1.807, 2.05) is 42.5 Å². The predicted octanol–water partition coefficient (Wildman–Crippen LogP) is 3.37. The molecule has 108 valence electrons. The van der Waals surface area contributed by atoms with Crippen molar-refractivity contribution in [2.75, 3.05) is 5.73 Å². The zero-order chi connectivity index (χ0) is 15.4. The third-order valence-corrected chi connectivity index (χ3v) is 3.19. The van der Waals surface area contributed by atoms with Gasteiger partial charge in [-0.3, -0.25) is 0 Å². The molecular weight excluding hydrogens is 278 g/mol. The van der Waals surface area contributed by atoms with Gasteiger partial charge in [0.2, 0.25) is 0 Å². The number of nitriles is 1. The molecule has 22 heavy (non-hydrogen) atoms. The summed E-state index contributed by atoms with van der Waals surface area (Å²) in [7, 11) is 0. The van der Waals surface area contributed by atoms with Gasteiger partial charge in [-0.25, -0.2) is 0 Å². The smallest absolute Gasteiger partial charge is 0.147 e. The summed E-state index contributed by atoms with van der Waals surface area (Å²) in [6, 6.07) is 16.9. The molecule has 3 rings (SSSR count). The van der Waals surface area contributed by atoms with E-state index in [0.717, 1.165) is 16.9 Å². The molecule has 1 heterocycles. The van der Waals surface area contributed by atoms with Crippen molar-refractivity contribution in [2.45, 2.75) is 6.61 Å². The van der Waals surface area contributed by atoms with Crippen LogP contribution in [-0.2, 0) is 6.61 Å². The van der Waals surface area contributed by atoms with Crippen LogP contribution < -0.4 is 10.5 Å². The summed E-state index contributed by atoms with van der Waals surface area (Å²) in [6.45, 7) is 0.404. The van der Waals surface area contributed by atoms with Crippen LogP contribution in [0.1, 0.15) is 11.1 Å². The van der Waals surface area contributed by atoms with E-state index < -0.39 is 0 Å². The molecule has 2 N–H and O–H groups in total. The zero-order valence-corrected chi connectivity index (χ0v) is 11.7. The molecule has 5 heteroatoms. The standard InChI is InChI=1S/C17H13N3O2/c18-9-12-2-1-3-13(8-12)10-21-15-6-4-14(5-7-15)17-16(19)11-22-20-17/h1-8,11H,10,19H2. The second-order valence-corrected chi connectivity index (χ2v) is 4.74. The fourth-order valence-electron chi connectivity index (χ4n) is 2.07. The third-order valence-electron chi connectivity index (χ3n) is 3.19. The SMILES string of the molecule is N#Cc1cccc(COc2ccc(-c3nocc3N)cc2)c1. The lowest BCUT2D eigenvalue weighted by atomic mass is 10.1. The van der Waals surface area contributed by atoms with Crippen molar-refractivity contribution in [2.24, 2.45) is 0 Å². The number of rotatable bonds is 4. The zero-order valence-electron chi connectivity index (χ0n) is 11.7. The van der Waals surface area contributed by atoms with E-state index in [1.54, 1.807) is 6.07 Å². The van der Waals surface area contributed by atoms with Crippen LogP contribution in [0, 0.1) is 11.3 Å². The van der Waals surface area contributed by atoms with E-state index in [-0.39, 0.29) is 0 Å². The number of ether oxygens (including phenoxy) is 1. The van der Waals surface area contributed by atoms with Crippen LogP contribution in [0.5, 0.6) is 5.75 Å². The van der Waals surface area contributed by atoms with Crippen LogP contribution in [-0.4, -0.2) is 5.16 Å². The Labute approximate surface area is 127 Å². The van der Waals surface area contributed by atoms with Gasteiger partial charge in [0.25, 0.3) is 0 Å². The number of hydrogen-bond donors (Lipinski definition) is 1. The Kier molecular flexibility index (Phi) is 3.75. The third kappa shape index (κ3) is 2.91. The summed E-state index contributed by atoms with van der Waals surface area (Å²) in [5.41, 5.74) is 9.32. The van der Waals surface area contributed by atoms with E-state index in [9.17, 15) is 0 Å². The molecule has 0 aliphatic heterocycles. The summed E-state index contributed by atoms with van der Waals surface area (Å²) in [6.07, 6.45) is 1.40. The summed E-state index contributed by atoms with van der Waals surface area (Å²) in [5.74, 6) is 0.730. The highest BCUT2D eigenvalue weighted by Crippen LogP contribution is 2.26. The van der Waals surface area contributed by atoms with Crippen LogP contribution in [0.2, 0.25) is 0 Å². The molecule has 0 aliphatic carbocycles. The van der Waals surface area contributed by atoms with Gasteiger partial charge >= 0.3 is 0 Å². The van der Waals surface area contributed by atoms with E-state index in [4.69, 9.17) is 20.3 Å². The van der Waals surface area contributed by atoms with Crippen molar-refractivity contribution in [3.63, 3.8) is 0 Å². The molecule has 0 saturated heterocycles. The second kappa shape index (κ2) is 6.02. The number of aromatic nitrogens is 1. The van der Waals surface area contributed by atoms with Crippen molar-refractivity contribution < 1.29 is 9.26 Å². The van der Waals surface area contributed by atoms with Crippen LogP contribution >= 0.6 is 0 Å². The van der Waals surface area contributed by atoms with Crippen molar-refractivity contribution in [3.05, 3.63) is 65.9 Å². The fourth-order valence-corrected chi connectivity index (χ4v) is 2.07. The molecular formula is C17H13N3O2. The van der Waals surface area contributed by atoms with Gasteiger partial charge in [-0.2, -0.15) is 5.26 Å². The number of benzene rings is 2. The number of anilines is 1. The van der Waals surface area contributed by atoms with Gasteiger partial charge in [-0.15, -0.1) is 0 Å². The Bertz CT molecular complexity index is 816. The molecule has 1 aromatic heterocycles. The molecule has 0 fully saturated rings. The van der Waals surface area contributed by atoms with E-state index in [1.165, 1.54) is 6.26 Å². The number of hydrogen-bond acceptors (Lipinski definition) is 5. The fraction of sp³-hybridized carbons (Fsp3) is 0.0588. The molecule has 3 aromatic rings. The maximum atomic E-state index is 8.88. The van der Waals surface area contributed by atoms with E-state index in [2.05, 4.69) is 11.2 Å². The van der Waals surface area contributed by atoms with Gasteiger partial charge in [-0.1, -0.05) is 17.3 Å². The van der Waals surface area contributed by atoms with Crippen LogP contribution in [0.3, 0.4) is 0 Å². The molecule has 2 aromatic carbocycles. The summed E-state index contributed by atoms with van der Waals surface area (Å²) in [4.78, 5) is 0. The first kappa shape index (κ1) is 13.7. The molecule has 0 aliphatic rings. The highest BCUT2D eigenvalue weighted by Gasteiger charge is 2.07. The molecule has 0 saturated carbocycles. The van der Waals surface area contributed by atoms with E-state index >= 15 is 0 Å². The Balaban J connectivity index is 1.69. The highest BCUT2D eigenvalue weighted by atomic mass is 16.5. The first-order chi connectivity index (χ1) is 10.8. The van der Waals surface area contributed by atoms with Crippen LogP contribution in [0.25, 0.3) is 11.3 Å². The molecule has 0 atom stereocenters. The van der Waals surface area contributed by atoms with Gasteiger partial charge in [0, 0.05) is 5.56 Å². The molecule has 0 amide bonds. The summed E-state index contributed by atoms with van der Waals surface area (Å²) >= 11 is 0. The summed E-state index contributed by atoms with van der Waals surface area (Å²) < 4.78 is 10.5. The molecule has 0 unspecified atom stereocenters. The molecule has 0 spiro atoms. The minimum absolute atomic E-state index is 0.404. The van der Waals surface area contributed by atoms with Gasteiger partial charge < -0.3 is 15.0 Å². The Morgan fingerprint density at radius 3 is 2.68 bits per heavy atom. The predicted molar refractivity (Wildman–Crippen MR) is 81.8 cm³/mol. The van der Waals surface area contributed by atoms with Gasteiger partial charge in [0.15, 0.2) is 0 Å². The lowest BCUT2D eigenvalue weighted by molar-refractivity contribution is 0.306. The molecule has 0 radical (unpaired) electrons. The van der Waals surface area contributed by atoms with Crippen molar-refractivity contribution in [1.29, 1.82) is 5.26 Å². The van der Waals surface area contributed by atoms with Gasteiger partial charge in [0.1, 0.15) is 30.0 Å². The van der Waals surface area contributed by atoms with E-state index in [0.29, 0.717) is 23.6 Å². The van der Waals surface area contributed by atoms with Crippen molar-refractivity contribution >= 4 is 5.69 Å². The minimum Gasteiger partial charge on any atom is -0.489 e. The maximum absolute atomic E-state index is 8.88. The van der Waals surface area contributed by atoms with Gasteiger partial charge in [0.05, 0.1) is 11.6 Å². The van der Waals surface area contributed by atoms with Crippen molar-refractivity contribution in [3.8, 4) is 23.1 Å². The molecule has 0 bridgehead atoms. The monoisotopic (exact) mass is 291 g/mol. The largest absolute Gasteiger partial charge is 0.489 e. The quantitative estimate of drug-likeness (QED) is 0.796. The van der Waals surface area contributed by atoms with Gasteiger partial charge in [-0.05, 0) is 42.0 Å². The average molecular weight is 291 g/mol. The Morgan fingerprint density at radius 1 is 1.18 bits per heavy atom. The van der Waals surface area contributed by atoms with Crippen LogP contribution in [0.15, 0.2) is 59.3 Å². The average Bonchev–Trinajstić information content (AvgIpc) is 3.00. The number of nitrogen functional groups attached to an aromatic ring is 1. The van der Waals surface area contributed by atoms with Crippen LogP contribution in [0.4, 0.5) is 5.69 Å². The topological polar surface area (TPSA) is 85.1 Å². The van der Waals surface area contributed by atoms with Crippen molar-refractivity contribution in [1.82, 2.24) is 5.16 Å². The Hall–Kier alpha value is -3.26. The molecule has 5 nitrogen and oxygen atoms in total. The normalized spacial score (nSPS) is 10.1.